The molecule has 1 saturated carbocycles. The molecule has 3 nitrogen and oxygen atoms in total. The van der Waals surface area contributed by atoms with Crippen molar-refractivity contribution in [3.8, 4) is 0 Å². The molecule has 0 bridgehead atoms. The second-order valence-corrected chi connectivity index (χ2v) is 4.54. The Bertz CT molecular complexity index is 215. The Hall–Kier alpha value is -0.860. The summed E-state index contributed by atoms with van der Waals surface area (Å²) >= 11 is 0. The van der Waals surface area contributed by atoms with Gasteiger partial charge in [-0.2, -0.15) is 0 Å². The average molecular weight is 184 g/mol. The van der Waals surface area contributed by atoms with Gasteiger partial charge < -0.3 is 9.53 Å². The number of hydrogen-bond donors (Lipinski definition) is 0. The SMILES string of the molecule is CC(C)(C)OC(=O)[C@@H]1C[C@H]1CC=O. The maximum Gasteiger partial charge on any atom is 0.309 e. The number of ether oxygens (including phenoxy) is 1. The fourth-order valence-electron chi connectivity index (χ4n) is 1.30. The van der Waals surface area contributed by atoms with Crippen molar-refractivity contribution < 1.29 is 14.3 Å². The molecule has 0 radical (unpaired) electrons. The van der Waals surface area contributed by atoms with Gasteiger partial charge >= 0.3 is 5.97 Å². The lowest BCUT2D eigenvalue weighted by Crippen LogP contribution is -2.25. The van der Waals surface area contributed by atoms with Gasteiger partial charge in [-0.3, -0.25) is 4.79 Å². The first-order valence-corrected chi connectivity index (χ1v) is 4.60. The molecule has 0 aromatic rings. The average Bonchev–Trinajstić information content (AvgIpc) is 2.64. The molecule has 1 aliphatic rings. The van der Waals surface area contributed by atoms with Crippen LogP contribution in [-0.4, -0.2) is 17.9 Å². The molecule has 13 heavy (non-hydrogen) atoms. The van der Waals surface area contributed by atoms with Crippen molar-refractivity contribution in [3.05, 3.63) is 0 Å². The van der Waals surface area contributed by atoms with Crippen LogP contribution >= 0.6 is 0 Å². The zero-order valence-corrected chi connectivity index (χ0v) is 8.37. The number of aldehydes is 1. The van der Waals surface area contributed by atoms with Crippen molar-refractivity contribution in [2.45, 2.75) is 39.2 Å². The van der Waals surface area contributed by atoms with Crippen LogP contribution < -0.4 is 0 Å². The van der Waals surface area contributed by atoms with Gasteiger partial charge in [0.05, 0.1) is 5.92 Å². The lowest BCUT2D eigenvalue weighted by Gasteiger charge is -2.19. The van der Waals surface area contributed by atoms with Gasteiger partial charge in [0.25, 0.3) is 0 Å². The Kier molecular flexibility index (Phi) is 2.74. The zero-order valence-electron chi connectivity index (χ0n) is 8.37. The number of esters is 1. The molecule has 1 rings (SSSR count). The first-order chi connectivity index (χ1) is 5.94. The Morgan fingerprint density at radius 2 is 2.15 bits per heavy atom. The smallest absolute Gasteiger partial charge is 0.309 e. The molecule has 0 saturated heterocycles. The number of carbonyl (C=O) groups excluding carboxylic acids is 2. The maximum atomic E-state index is 11.4. The van der Waals surface area contributed by atoms with Gasteiger partial charge in [-0.15, -0.1) is 0 Å². The highest BCUT2D eigenvalue weighted by Gasteiger charge is 2.44. The summed E-state index contributed by atoms with van der Waals surface area (Å²) in [5.74, 6) is 0.0659. The van der Waals surface area contributed by atoms with Gasteiger partial charge in [0.2, 0.25) is 0 Å². The second-order valence-electron chi connectivity index (χ2n) is 4.54. The monoisotopic (exact) mass is 184 g/mol. The van der Waals surface area contributed by atoms with Crippen molar-refractivity contribution in [2.75, 3.05) is 0 Å². The highest BCUT2D eigenvalue weighted by Crippen LogP contribution is 2.42. The molecular weight excluding hydrogens is 168 g/mol. The van der Waals surface area contributed by atoms with E-state index in [-0.39, 0.29) is 17.8 Å². The predicted octanol–water partition coefficient (Wildman–Crippen LogP) is 1.55. The fraction of sp³-hybridized carbons (Fsp3) is 0.800. The van der Waals surface area contributed by atoms with Crippen LogP contribution in [0.25, 0.3) is 0 Å². The minimum absolute atomic E-state index is 0.0237. The Balaban J connectivity index is 2.31. The molecule has 0 aromatic heterocycles. The molecule has 0 N–H and O–H groups in total. The molecule has 1 fully saturated rings. The molecule has 3 heteroatoms. The van der Waals surface area contributed by atoms with E-state index >= 15 is 0 Å². The van der Waals surface area contributed by atoms with E-state index in [4.69, 9.17) is 4.74 Å². The van der Waals surface area contributed by atoms with Gasteiger partial charge in [0.15, 0.2) is 0 Å². The van der Waals surface area contributed by atoms with Crippen LogP contribution in [-0.2, 0) is 14.3 Å². The number of carbonyl (C=O) groups is 2. The van der Waals surface area contributed by atoms with Crippen LogP contribution in [0.4, 0.5) is 0 Å². The van der Waals surface area contributed by atoms with Gasteiger partial charge in [-0.05, 0) is 33.1 Å². The number of rotatable bonds is 3. The molecule has 74 valence electrons. The summed E-state index contributed by atoms with van der Waals surface area (Å²) in [6.45, 7) is 5.55. The Morgan fingerprint density at radius 3 is 2.62 bits per heavy atom. The highest BCUT2D eigenvalue weighted by molar-refractivity contribution is 5.76. The lowest BCUT2D eigenvalue weighted by molar-refractivity contribution is -0.156. The molecule has 0 aromatic carbocycles. The van der Waals surface area contributed by atoms with Gasteiger partial charge in [-0.25, -0.2) is 0 Å². The quantitative estimate of drug-likeness (QED) is 0.493. The van der Waals surface area contributed by atoms with Crippen LogP contribution in [0.5, 0.6) is 0 Å². The molecule has 0 aliphatic heterocycles. The molecule has 0 heterocycles. The maximum absolute atomic E-state index is 11.4. The topological polar surface area (TPSA) is 43.4 Å². The summed E-state index contributed by atoms with van der Waals surface area (Å²) in [4.78, 5) is 21.5. The molecule has 2 atom stereocenters. The standard InChI is InChI=1S/C10H16O3/c1-10(2,3)13-9(12)8-6-7(8)4-5-11/h5,7-8H,4,6H2,1-3H3/t7-,8-/m1/s1. The van der Waals surface area contributed by atoms with Crippen molar-refractivity contribution in [1.29, 1.82) is 0 Å². The number of hydrogen-bond acceptors (Lipinski definition) is 3. The summed E-state index contributed by atoms with van der Waals surface area (Å²) in [6.07, 6.45) is 2.17. The van der Waals surface area contributed by atoms with Crippen LogP contribution in [0.1, 0.15) is 33.6 Å². The minimum Gasteiger partial charge on any atom is -0.460 e. The van der Waals surface area contributed by atoms with Crippen molar-refractivity contribution in [3.63, 3.8) is 0 Å². The summed E-state index contributed by atoms with van der Waals surface area (Å²) in [5, 5.41) is 0. The first-order valence-electron chi connectivity index (χ1n) is 4.60. The predicted molar refractivity (Wildman–Crippen MR) is 48.1 cm³/mol. The first kappa shape index (κ1) is 10.2. The minimum atomic E-state index is -0.411. The molecule has 0 amide bonds. The van der Waals surface area contributed by atoms with Crippen LogP contribution in [0.15, 0.2) is 0 Å². The van der Waals surface area contributed by atoms with Gasteiger partial charge in [-0.1, -0.05) is 0 Å². The van der Waals surface area contributed by atoms with Crippen LogP contribution in [0, 0.1) is 11.8 Å². The van der Waals surface area contributed by atoms with Crippen molar-refractivity contribution >= 4 is 12.3 Å². The lowest BCUT2D eigenvalue weighted by atomic mass is 10.2. The van der Waals surface area contributed by atoms with E-state index in [0.29, 0.717) is 6.42 Å². The van der Waals surface area contributed by atoms with E-state index in [1.807, 2.05) is 20.8 Å². The summed E-state index contributed by atoms with van der Waals surface area (Å²) in [6, 6.07) is 0. The van der Waals surface area contributed by atoms with E-state index in [0.717, 1.165) is 12.7 Å². The van der Waals surface area contributed by atoms with Crippen LogP contribution in [0.3, 0.4) is 0 Å². The van der Waals surface area contributed by atoms with E-state index in [1.165, 1.54) is 0 Å². The zero-order chi connectivity index (χ0) is 10.1. The van der Waals surface area contributed by atoms with Gasteiger partial charge in [0, 0.05) is 6.42 Å². The third-order valence-corrected chi connectivity index (χ3v) is 2.03. The van der Waals surface area contributed by atoms with Crippen molar-refractivity contribution in [2.24, 2.45) is 11.8 Å². The third kappa shape index (κ3) is 3.17. The molecule has 1 aliphatic carbocycles. The molecular formula is C10H16O3. The van der Waals surface area contributed by atoms with E-state index in [9.17, 15) is 9.59 Å². The largest absolute Gasteiger partial charge is 0.460 e. The summed E-state index contributed by atoms with van der Waals surface area (Å²) in [7, 11) is 0. The molecule has 0 unspecified atom stereocenters. The fourth-order valence-corrected chi connectivity index (χ4v) is 1.30. The van der Waals surface area contributed by atoms with E-state index in [1.54, 1.807) is 0 Å². The summed E-state index contributed by atoms with van der Waals surface area (Å²) < 4.78 is 5.18. The second kappa shape index (κ2) is 3.48. The Morgan fingerprint density at radius 1 is 1.54 bits per heavy atom. The van der Waals surface area contributed by atoms with E-state index in [2.05, 4.69) is 0 Å². The van der Waals surface area contributed by atoms with Crippen LogP contribution in [0.2, 0.25) is 0 Å². The van der Waals surface area contributed by atoms with Gasteiger partial charge in [0.1, 0.15) is 11.9 Å². The van der Waals surface area contributed by atoms with E-state index < -0.39 is 5.60 Å². The normalized spacial score (nSPS) is 26.7. The third-order valence-electron chi connectivity index (χ3n) is 2.03. The van der Waals surface area contributed by atoms with Crippen molar-refractivity contribution in [1.82, 2.24) is 0 Å². The Labute approximate surface area is 78.5 Å². The summed E-state index contributed by atoms with van der Waals surface area (Å²) in [5.41, 5.74) is -0.411. The highest BCUT2D eigenvalue weighted by atomic mass is 16.6. The molecule has 0 spiro atoms.